The number of hydrogen-bond donors (Lipinski definition) is 3. The van der Waals surface area contributed by atoms with Crippen molar-refractivity contribution in [2.24, 2.45) is 0 Å². The van der Waals surface area contributed by atoms with Gasteiger partial charge >= 0.3 is 5.69 Å². The number of nitrogens with zero attached hydrogens (tertiary/aromatic N) is 1. The lowest BCUT2D eigenvalue weighted by Gasteiger charge is -1.95. The molecule has 0 bridgehead atoms. The average molecular weight is 276 g/mol. The second-order valence-corrected chi connectivity index (χ2v) is 5.28. The number of H-pyrrole nitrogens is 3. The van der Waals surface area contributed by atoms with Gasteiger partial charge in [-0.2, -0.15) is 0 Å². The quantitative estimate of drug-likeness (QED) is 0.667. The maximum absolute atomic E-state index is 11.5. The van der Waals surface area contributed by atoms with Gasteiger partial charge in [-0.15, -0.1) is 11.3 Å². The van der Waals surface area contributed by atoms with Crippen LogP contribution in [0.4, 0.5) is 0 Å². The largest absolute Gasteiger partial charge is 0.336 e. The standard InChI is InChI=1S/C12H12N4O2S/c17-11-9-10(15-12(18)16-11)14-8(13-9)5-1-3-7-4-2-6-19-7/h2,4,6H,1,3,5H2,(H3,13,14,15,16,17,18). The van der Waals surface area contributed by atoms with E-state index in [4.69, 9.17) is 0 Å². The number of nitrogens with one attached hydrogen (secondary N) is 3. The molecule has 0 radical (unpaired) electrons. The van der Waals surface area contributed by atoms with Crippen LogP contribution in [0.2, 0.25) is 0 Å². The molecule has 3 aromatic rings. The van der Waals surface area contributed by atoms with Gasteiger partial charge < -0.3 is 4.98 Å². The normalized spacial score (nSPS) is 11.2. The number of aromatic nitrogens is 4. The molecule has 0 atom stereocenters. The Hall–Kier alpha value is -2.15. The SMILES string of the molecule is O=c1[nH]c(=O)c2[nH]c(CCCc3cccs3)nc2[nH]1. The first kappa shape index (κ1) is 11.9. The average Bonchev–Trinajstić information content (AvgIpc) is 2.98. The highest BCUT2D eigenvalue weighted by molar-refractivity contribution is 7.09. The van der Waals surface area contributed by atoms with E-state index in [1.807, 2.05) is 6.07 Å². The van der Waals surface area contributed by atoms with Crippen LogP contribution in [0.5, 0.6) is 0 Å². The molecule has 98 valence electrons. The second kappa shape index (κ2) is 4.85. The van der Waals surface area contributed by atoms with Gasteiger partial charge in [0.15, 0.2) is 5.65 Å². The first-order chi connectivity index (χ1) is 9.22. The molecule has 0 aliphatic rings. The van der Waals surface area contributed by atoms with Crippen LogP contribution < -0.4 is 11.2 Å². The van der Waals surface area contributed by atoms with Gasteiger partial charge in [0, 0.05) is 11.3 Å². The summed E-state index contributed by atoms with van der Waals surface area (Å²) in [6.07, 6.45) is 2.68. The molecule has 0 saturated carbocycles. The minimum Gasteiger partial charge on any atom is -0.336 e. The molecule has 19 heavy (non-hydrogen) atoms. The predicted molar refractivity (Wildman–Crippen MR) is 73.7 cm³/mol. The number of imidazole rings is 1. The van der Waals surface area contributed by atoms with Gasteiger partial charge in [-0.1, -0.05) is 6.07 Å². The Labute approximate surface area is 111 Å². The molecule has 3 aromatic heterocycles. The Bertz CT molecular complexity index is 797. The maximum atomic E-state index is 11.5. The smallest absolute Gasteiger partial charge is 0.327 e. The van der Waals surface area contributed by atoms with Gasteiger partial charge in [0.2, 0.25) is 0 Å². The van der Waals surface area contributed by atoms with Crippen LogP contribution in [0.3, 0.4) is 0 Å². The summed E-state index contributed by atoms with van der Waals surface area (Å²) in [6, 6.07) is 4.14. The Morgan fingerprint density at radius 3 is 2.84 bits per heavy atom. The number of aryl methyl sites for hydroxylation is 2. The molecule has 3 rings (SSSR count). The van der Waals surface area contributed by atoms with Crippen molar-refractivity contribution in [2.45, 2.75) is 19.3 Å². The van der Waals surface area contributed by atoms with Crippen LogP contribution >= 0.6 is 11.3 Å². The summed E-state index contributed by atoms with van der Waals surface area (Å²) >= 11 is 1.73. The fourth-order valence-corrected chi connectivity index (χ4v) is 2.74. The second-order valence-electron chi connectivity index (χ2n) is 4.25. The van der Waals surface area contributed by atoms with Crippen molar-refractivity contribution in [3.05, 3.63) is 49.1 Å². The molecule has 6 nitrogen and oxygen atoms in total. The number of fused-ring (bicyclic) bond motifs is 1. The number of rotatable bonds is 4. The number of aromatic amines is 3. The lowest BCUT2D eigenvalue weighted by atomic mass is 10.2. The van der Waals surface area contributed by atoms with Crippen LogP contribution in [0, 0.1) is 0 Å². The molecule has 3 heterocycles. The van der Waals surface area contributed by atoms with E-state index >= 15 is 0 Å². The van der Waals surface area contributed by atoms with Crippen LogP contribution in [-0.2, 0) is 12.8 Å². The summed E-state index contributed by atoms with van der Waals surface area (Å²) in [7, 11) is 0. The third kappa shape index (κ3) is 2.50. The molecule has 0 aliphatic heterocycles. The molecular weight excluding hydrogens is 264 g/mol. The zero-order chi connectivity index (χ0) is 13.2. The molecule has 0 unspecified atom stereocenters. The molecule has 0 spiro atoms. The van der Waals surface area contributed by atoms with Gasteiger partial charge in [-0.25, -0.2) is 9.78 Å². The van der Waals surface area contributed by atoms with Gasteiger partial charge in [0.1, 0.15) is 11.3 Å². The minimum atomic E-state index is -0.533. The first-order valence-electron chi connectivity index (χ1n) is 5.96. The van der Waals surface area contributed by atoms with E-state index in [2.05, 4.69) is 31.4 Å². The van der Waals surface area contributed by atoms with Crippen molar-refractivity contribution in [3.8, 4) is 0 Å². The molecule has 0 saturated heterocycles. The lowest BCUT2D eigenvalue weighted by molar-refractivity contribution is 0.793. The van der Waals surface area contributed by atoms with Crippen molar-refractivity contribution >= 4 is 22.5 Å². The topological polar surface area (TPSA) is 94.4 Å². The van der Waals surface area contributed by atoms with E-state index in [0.717, 1.165) is 25.1 Å². The van der Waals surface area contributed by atoms with Crippen molar-refractivity contribution in [3.63, 3.8) is 0 Å². The predicted octanol–water partition coefficient (Wildman–Crippen LogP) is 1.18. The Balaban J connectivity index is 1.77. The molecule has 3 N–H and O–H groups in total. The van der Waals surface area contributed by atoms with Gasteiger partial charge in [-0.05, 0) is 24.3 Å². The van der Waals surface area contributed by atoms with Crippen LogP contribution in [0.1, 0.15) is 17.1 Å². The summed E-state index contributed by atoms with van der Waals surface area (Å²) in [5, 5.41) is 2.06. The molecule has 0 amide bonds. The molecule has 0 fully saturated rings. The molecular formula is C12H12N4O2S. The molecule has 7 heteroatoms. The van der Waals surface area contributed by atoms with E-state index in [0.29, 0.717) is 11.2 Å². The first-order valence-corrected chi connectivity index (χ1v) is 6.84. The van der Waals surface area contributed by atoms with Crippen molar-refractivity contribution in [1.29, 1.82) is 0 Å². The highest BCUT2D eigenvalue weighted by atomic mass is 32.1. The zero-order valence-corrected chi connectivity index (χ0v) is 10.8. The summed E-state index contributed by atoms with van der Waals surface area (Å²) in [5.74, 6) is 0.721. The van der Waals surface area contributed by atoms with E-state index in [9.17, 15) is 9.59 Å². The number of thiophene rings is 1. The summed E-state index contributed by atoms with van der Waals surface area (Å²) in [5.41, 5.74) is -0.324. The monoisotopic (exact) mass is 276 g/mol. The highest BCUT2D eigenvalue weighted by Gasteiger charge is 2.07. The van der Waals surface area contributed by atoms with Crippen LogP contribution in [0.25, 0.3) is 11.2 Å². The fourth-order valence-electron chi connectivity index (χ4n) is 1.98. The molecule has 0 aliphatic carbocycles. The lowest BCUT2D eigenvalue weighted by Crippen LogP contribution is -2.21. The van der Waals surface area contributed by atoms with Crippen molar-refractivity contribution in [1.82, 2.24) is 19.9 Å². The Morgan fingerprint density at radius 2 is 2.05 bits per heavy atom. The van der Waals surface area contributed by atoms with E-state index in [1.165, 1.54) is 4.88 Å². The summed E-state index contributed by atoms with van der Waals surface area (Å²) in [4.78, 5) is 35.8. The van der Waals surface area contributed by atoms with Crippen LogP contribution in [0.15, 0.2) is 27.1 Å². The third-order valence-electron chi connectivity index (χ3n) is 2.86. The van der Waals surface area contributed by atoms with E-state index in [-0.39, 0.29) is 0 Å². The van der Waals surface area contributed by atoms with Crippen molar-refractivity contribution < 1.29 is 0 Å². The third-order valence-corrected chi connectivity index (χ3v) is 3.79. The van der Waals surface area contributed by atoms with Gasteiger partial charge in [-0.3, -0.25) is 14.8 Å². The number of hydrogen-bond acceptors (Lipinski definition) is 4. The van der Waals surface area contributed by atoms with E-state index in [1.54, 1.807) is 11.3 Å². The summed E-state index contributed by atoms with van der Waals surface area (Å²) in [6.45, 7) is 0. The van der Waals surface area contributed by atoms with Gasteiger partial charge in [0.25, 0.3) is 5.56 Å². The Morgan fingerprint density at radius 1 is 1.16 bits per heavy atom. The maximum Gasteiger partial charge on any atom is 0.327 e. The van der Waals surface area contributed by atoms with Crippen LogP contribution in [-0.4, -0.2) is 19.9 Å². The summed E-state index contributed by atoms with van der Waals surface area (Å²) < 4.78 is 0. The minimum absolute atomic E-state index is 0.319. The van der Waals surface area contributed by atoms with Gasteiger partial charge in [0.05, 0.1) is 0 Å². The zero-order valence-electron chi connectivity index (χ0n) is 10.0. The van der Waals surface area contributed by atoms with E-state index < -0.39 is 11.2 Å². The highest BCUT2D eigenvalue weighted by Crippen LogP contribution is 2.12. The van der Waals surface area contributed by atoms with Crippen molar-refractivity contribution in [2.75, 3.05) is 0 Å². The fraction of sp³-hybridized carbons (Fsp3) is 0.250. The molecule has 0 aromatic carbocycles. The Kier molecular flexibility index (Phi) is 3.04.